The van der Waals surface area contributed by atoms with Crippen LogP contribution < -0.4 is 10.9 Å². The molecule has 0 saturated carbocycles. The topological polar surface area (TPSA) is 54.3 Å². The Kier molecular flexibility index (Phi) is 3.71. The molecular formula is C10H16N2O2. The summed E-state index contributed by atoms with van der Waals surface area (Å²) < 4.78 is 1.53. The predicted octanol–water partition coefficient (Wildman–Crippen LogP) is 0.568. The second-order valence-electron chi connectivity index (χ2n) is 3.24. The van der Waals surface area contributed by atoms with Gasteiger partial charge in [0.2, 0.25) is 0 Å². The van der Waals surface area contributed by atoms with Crippen LogP contribution in [-0.4, -0.2) is 22.3 Å². The molecule has 14 heavy (non-hydrogen) atoms. The lowest BCUT2D eigenvalue weighted by molar-refractivity contribution is 0.271. The molecule has 1 atom stereocenters. The minimum absolute atomic E-state index is 0.00278. The molecule has 4 nitrogen and oxygen atoms in total. The van der Waals surface area contributed by atoms with Crippen molar-refractivity contribution in [2.45, 2.75) is 19.4 Å². The van der Waals surface area contributed by atoms with Crippen LogP contribution in [0.1, 0.15) is 13.3 Å². The molecule has 1 aromatic heterocycles. The summed E-state index contributed by atoms with van der Waals surface area (Å²) in [6.07, 6.45) is 0.819. The molecule has 1 heterocycles. The molecule has 0 fully saturated rings. The fourth-order valence-electron chi connectivity index (χ4n) is 1.19. The minimum atomic E-state index is -0.0530. The van der Waals surface area contributed by atoms with E-state index in [0.717, 1.165) is 12.2 Å². The molecule has 0 aromatic carbocycles. The normalized spacial score (nSPS) is 12.5. The maximum absolute atomic E-state index is 11.3. The Morgan fingerprint density at radius 2 is 2.29 bits per heavy atom. The summed E-state index contributed by atoms with van der Waals surface area (Å²) in [5.74, 6) is 0.735. The van der Waals surface area contributed by atoms with E-state index < -0.39 is 0 Å². The molecule has 0 aliphatic carbocycles. The van der Waals surface area contributed by atoms with Crippen LogP contribution >= 0.6 is 0 Å². The Hall–Kier alpha value is -1.29. The second kappa shape index (κ2) is 4.81. The third-order valence-electron chi connectivity index (χ3n) is 2.25. The van der Waals surface area contributed by atoms with Gasteiger partial charge in [-0.05, 0) is 12.5 Å². The van der Waals surface area contributed by atoms with Crippen LogP contribution in [0.25, 0.3) is 0 Å². The highest BCUT2D eigenvalue weighted by molar-refractivity contribution is 5.36. The van der Waals surface area contributed by atoms with Crippen LogP contribution in [0.3, 0.4) is 0 Å². The zero-order valence-corrected chi connectivity index (χ0v) is 8.53. The van der Waals surface area contributed by atoms with Gasteiger partial charge in [0.25, 0.3) is 5.56 Å². The zero-order chi connectivity index (χ0) is 10.6. The van der Waals surface area contributed by atoms with Crippen molar-refractivity contribution in [3.63, 3.8) is 0 Å². The van der Waals surface area contributed by atoms with Gasteiger partial charge in [0.15, 0.2) is 0 Å². The number of rotatable bonds is 4. The van der Waals surface area contributed by atoms with Gasteiger partial charge in [0.1, 0.15) is 5.82 Å². The highest BCUT2D eigenvalue weighted by Crippen LogP contribution is 2.05. The molecule has 0 unspecified atom stereocenters. The van der Waals surface area contributed by atoms with E-state index in [9.17, 15) is 4.79 Å². The van der Waals surface area contributed by atoms with E-state index in [1.54, 1.807) is 13.1 Å². The fraction of sp³-hybridized carbons (Fsp3) is 0.500. The van der Waals surface area contributed by atoms with E-state index in [2.05, 4.69) is 5.32 Å². The van der Waals surface area contributed by atoms with E-state index in [0.29, 0.717) is 0 Å². The van der Waals surface area contributed by atoms with Crippen molar-refractivity contribution in [2.24, 2.45) is 7.05 Å². The SMILES string of the molecule is CC[C@H](CO)Nc1cccc(=O)n1C. The van der Waals surface area contributed by atoms with Crippen molar-refractivity contribution >= 4 is 5.82 Å². The quantitative estimate of drug-likeness (QED) is 0.740. The molecule has 0 aliphatic rings. The Labute approximate surface area is 83.2 Å². The summed E-state index contributed by atoms with van der Waals surface area (Å²) in [4.78, 5) is 11.3. The lowest BCUT2D eigenvalue weighted by Crippen LogP contribution is -2.27. The van der Waals surface area contributed by atoms with Gasteiger partial charge in [-0.1, -0.05) is 13.0 Å². The zero-order valence-electron chi connectivity index (χ0n) is 8.53. The summed E-state index contributed by atoms with van der Waals surface area (Å²) in [6.45, 7) is 2.05. The summed E-state index contributed by atoms with van der Waals surface area (Å²) in [5.41, 5.74) is -0.0530. The molecule has 4 heteroatoms. The number of anilines is 1. The van der Waals surface area contributed by atoms with Gasteiger partial charge >= 0.3 is 0 Å². The first-order valence-corrected chi connectivity index (χ1v) is 4.72. The first kappa shape index (κ1) is 10.8. The van der Waals surface area contributed by atoms with Crippen LogP contribution in [0.4, 0.5) is 5.82 Å². The monoisotopic (exact) mass is 196 g/mol. The molecule has 0 radical (unpaired) electrons. The van der Waals surface area contributed by atoms with Crippen molar-refractivity contribution in [3.8, 4) is 0 Å². The minimum Gasteiger partial charge on any atom is -0.394 e. The second-order valence-corrected chi connectivity index (χ2v) is 3.24. The summed E-state index contributed by atoms with van der Waals surface area (Å²) in [6, 6.07) is 5.03. The van der Waals surface area contributed by atoms with Gasteiger partial charge in [0, 0.05) is 13.1 Å². The van der Waals surface area contributed by atoms with Crippen molar-refractivity contribution in [2.75, 3.05) is 11.9 Å². The molecule has 2 N–H and O–H groups in total. The smallest absolute Gasteiger partial charge is 0.251 e. The highest BCUT2D eigenvalue weighted by Gasteiger charge is 2.05. The molecule has 1 aromatic rings. The van der Waals surface area contributed by atoms with Crippen LogP contribution in [0, 0.1) is 0 Å². The van der Waals surface area contributed by atoms with Crippen LogP contribution in [-0.2, 0) is 7.05 Å². The first-order chi connectivity index (χ1) is 6.69. The van der Waals surface area contributed by atoms with Gasteiger partial charge in [-0.15, -0.1) is 0 Å². The molecule has 0 saturated heterocycles. The third kappa shape index (κ3) is 2.35. The van der Waals surface area contributed by atoms with Gasteiger partial charge < -0.3 is 10.4 Å². The maximum atomic E-state index is 11.3. The van der Waals surface area contributed by atoms with E-state index in [1.807, 2.05) is 13.0 Å². The Bertz CT molecular complexity index is 342. The maximum Gasteiger partial charge on any atom is 0.251 e. The third-order valence-corrected chi connectivity index (χ3v) is 2.25. The van der Waals surface area contributed by atoms with Gasteiger partial charge in [-0.2, -0.15) is 0 Å². The van der Waals surface area contributed by atoms with Crippen molar-refractivity contribution in [1.82, 2.24) is 4.57 Å². The number of nitrogens with zero attached hydrogens (tertiary/aromatic N) is 1. The van der Waals surface area contributed by atoms with Gasteiger partial charge in [-0.3, -0.25) is 9.36 Å². The number of nitrogens with one attached hydrogen (secondary N) is 1. The largest absolute Gasteiger partial charge is 0.394 e. The highest BCUT2D eigenvalue weighted by atomic mass is 16.3. The van der Waals surface area contributed by atoms with Crippen molar-refractivity contribution in [3.05, 3.63) is 28.6 Å². The van der Waals surface area contributed by atoms with Crippen molar-refractivity contribution < 1.29 is 5.11 Å². The number of aliphatic hydroxyl groups is 1. The van der Waals surface area contributed by atoms with E-state index >= 15 is 0 Å². The van der Waals surface area contributed by atoms with E-state index in [1.165, 1.54) is 10.6 Å². The lowest BCUT2D eigenvalue weighted by atomic mass is 10.2. The number of pyridine rings is 1. The molecule has 0 spiro atoms. The summed E-state index contributed by atoms with van der Waals surface area (Å²) >= 11 is 0. The average molecular weight is 196 g/mol. The standard InChI is InChI=1S/C10H16N2O2/c1-3-8(7-13)11-9-5-4-6-10(14)12(9)2/h4-6,8,11,13H,3,7H2,1-2H3/t8-/m1/s1. The Morgan fingerprint density at radius 1 is 1.57 bits per heavy atom. The van der Waals surface area contributed by atoms with Gasteiger partial charge in [-0.25, -0.2) is 0 Å². The fourth-order valence-corrected chi connectivity index (χ4v) is 1.19. The molecule has 1 rings (SSSR count). The number of aromatic nitrogens is 1. The molecule has 78 valence electrons. The first-order valence-electron chi connectivity index (χ1n) is 4.72. The van der Waals surface area contributed by atoms with Crippen molar-refractivity contribution in [1.29, 1.82) is 0 Å². The van der Waals surface area contributed by atoms with E-state index in [4.69, 9.17) is 5.11 Å². The van der Waals surface area contributed by atoms with E-state index in [-0.39, 0.29) is 18.2 Å². The molecule has 0 aliphatic heterocycles. The molecular weight excluding hydrogens is 180 g/mol. The van der Waals surface area contributed by atoms with Gasteiger partial charge in [0.05, 0.1) is 12.6 Å². The van der Waals surface area contributed by atoms with Crippen LogP contribution in [0.5, 0.6) is 0 Å². The number of aliphatic hydroxyl groups excluding tert-OH is 1. The molecule has 0 bridgehead atoms. The van der Waals surface area contributed by atoms with Crippen LogP contribution in [0.2, 0.25) is 0 Å². The number of hydrogen-bond acceptors (Lipinski definition) is 3. The lowest BCUT2D eigenvalue weighted by Gasteiger charge is -2.17. The average Bonchev–Trinajstić information content (AvgIpc) is 2.20. The van der Waals surface area contributed by atoms with Crippen LogP contribution in [0.15, 0.2) is 23.0 Å². The summed E-state index contributed by atoms with van der Waals surface area (Å²) in [7, 11) is 1.70. The molecule has 0 amide bonds. The Balaban J connectivity index is 2.86. The predicted molar refractivity (Wildman–Crippen MR) is 56.5 cm³/mol. The Morgan fingerprint density at radius 3 is 2.86 bits per heavy atom. The number of hydrogen-bond donors (Lipinski definition) is 2. The summed E-state index contributed by atoms with van der Waals surface area (Å²) in [5, 5.41) is 12.1.